The molecule has 3 N–H and O–H groups in total. The Balaban J connectivity index is 1.60. The van der Waals surface area contributed by atoms with Crippen molar-refractivity contribution in [1.29, 1.82) is 0 Å². The fraction of sp³-hybridized carbons (Fsp3) is 0.286. The summed E-state index contributed by atoms with van der Waals surface area (Å²) in [6.45, 7) is 2.02. The second kappa shape index (κ2) is 6.54. The van der Waals surface area contributed by atoms with Gasteiger partial charge in [0.05, 0.1) is 18.3 Å². The SMILES string of the molecule is COc1cccc(C2(NC3=C(Nc4ccc(O)c(C)c4)COC3=O)CC2)c1. The number of phenolic OH excluding ortho intramolecular Hbond substituents is 1. The number of hydrogen-bond donors (Lipinski definition) is 3. The number of carbonyl (C=O) groups excluding carboxylic acids is 1. The van der Waals surface area contributed by atoms with Gasteiger partial charge in [-0.25, -0.2) is 4.79 Å². The van der Waals surface area contributed by atoms with Crippen LogP contribution >= 0.6 is 0 Å². The normalized spacial score (nSPS) is 17.5. The fourth-order valence-electron chi connectivity index (χ4n) is 3.31. The first-order chi connectivity index (χ1) is 13.0. The van der Waals surface area contributed by atoms with E-state index in [1.807, 2.05) is 37.3 Å². The van der Waals surface area contributed by atoms with E-state index in [2.05, 4.69) is 10.6 Å². The van der Waals surface area contributed by atoms with Crippen LogP contribution in [0.15, 0.2) is 53.9 Å². The molecule has 1 heterocycles. The number of cyclic esters (lactones) is 1. The van der Waals surface area contributed by atoms with Gasteiger partial charge in [0.1, 0.15) is 23.8 Å². The molecule has 1 aliphatic heterocycles. The van der Waals surface area contributed by atoms with Crippen molar-refractivity contribution in [3.05, 3.63) is 65.0 Å². The molecule has 140 valence electrons. The summed E-state index contributed by atoms with van der Waals surface area (Å²) in [7, 11) is 1.64. The lowest BCUT2D eigenvalue weighted by Gasteiger charge is -2.20. The maximum atomic E-state index is 12.3. The van der Waals surface area contributed by atoms with E-state index < -0.39 is 0 Å². The first-order valence-corrected chi connectivity index (χ1v) is 8.90. The molecule has 4 rings (SSSR count). The highest BCUT2D eigenvalue weighted by molar-refractivity contribution is 5.92. The first kappa shape index (κ1) is 17.3. The van der Waals surface area contributed by atoms with Gasteiger partial charge in [0.25, 0.3) is 0 Å². The molecule has 0 spiro atoms. The van der Waals surface area contributed by atoms with E-state index in [0.29, 0.717) is 11.4 Å². The van der Waals surface area contributed by atoms with Gasteiger partial charge in [-0.05, 0) is 61.2 Å². The zero-order valence-corrected chi connectivity index (χ0v) is 15.3. The first-order valence-electron chi connectivity index (χ1n) is 8.90. The van der Waals surface area contributed by atoms with Crippen LogP contribution in [0.2, 0.25) is 0 Å². The molecule has 27 heavy (non-hydrogen) atoms. The van der Waals surface area contributed by atoms with Crippen molar-refractivity contribution in [2.24, 2.45) is 0 Å². The third-order valence-corrected chi connectivity index (χ3v) is 5.08. The van der Waals surface area contributed by atoms with Gasteiger partial charge in [-0.1, -0.05) is 12.1 Å². The number of hydrogen-bond acceptors (Lipinski definition) is 6. The van der Waals surface area contributed by atoms with Crippen LogP contribution in [0.3, 0.4) is 0 Å². The van der Waals surface area contributed by atoms with Crippen molar-refractivity contribution in [1.82, 2.24) is 5.32 Å². The minimum absolute atomic E-state index is 0.190. The number of anilines is 1. The highest BCUT2D eigenvalue weighted by Crippen LogP contribution is 2.47. The minimum Gasteiger partial charge on any atom is -0.508 e. The van der Waals surface area contributed by atoms with Gasteiger partial charge < -0.3 is 25.2 Å². The molecule has 0 amide bonds. The zero-order valence-electron chi connectivity index (χ0n) is 15.3. The quantitative estimate of drug-likeness (QED) is 0.538. The van der Waals surface area contributed by atoms with Crippen LogP contribution in [0.4, 0.5) is 5.69 Å². The van der Waals surface area contributed by atoms with Crippen molar-refractivity contribution >= 4 is 11.7 Å². The lowest BCUT2D eigenvalue weighted by molar-refractivity contribution is -0.136. The Kier molecular flexibility index (Phi) is 4.18. The Morgan fingerprint density at radius 2 is 2.00 bits per heavy atom. The number of rotatable bonds is 6. The molecule has 0 unspecified atom stereocenters. The van der Waals surface area contributed by atoms with E-state index in [1.54, 1.807) is 19.2 Å². The Morgan fingerprint density at radius 3 is 2.70 bits per heavy atom. The van der Waals surface area contributed by atoms with Crippen molar-refractivity contribution < 1.29 is 19.4 Å². The van der Waals surface area contributed by atoms with Gasteiger partial charge in [0, 0.05) is 5.69 Å². The number of benzene rings is 2. The van der Waals surface area contributed by atoms with Crippen LogP contribution in [0, 0.1) is 6.92 Å². The third kappa shape index (κ3) is 3.30. The number of phenols is 1. The molecular formula is C21H22N2O4. The largest absolute Gasteiger partial charge is 0.508 e. The average molecular weight is 366 g/mol. The Morgan fingerprint density at radius 1 is 1.19 bits per heavy atom. The lowest BCUT2D eigenvalue weighted by atomic mass is 10.0. The van der Waals surface area contributed by atoms with Gasteiger partial charge in [0.2, 0.25) is 0 Å². The van der Waals surface area contributed by atoms with Crippen LogP contribution < -0.4 is 15.4 Å². The third-order valence-electron chi connectivity index (χ3n) is 5.08. The molecule has 1 aliphatic carbocycles. The summed E-state index contributed by atoms with van der Waals surface area (Å²) in [4.78, 5) is 12.3. The lowest BCUT2D eigenvalue weighted by Crippen LogP contribution is -2.32. The number of aromatic hydroxyl groups is 1. The summed E-state index contributed by atoms with van der Waals surface area (Å²) in [6.07, 6.45) is 1.87. The number of carbonyl (C=O) groups is 1. The van der Waals surface area contributed by atoms with Crippen molar-refractivity contribution in [3.63, 3.8) is 0 Å². The number of aryl methyl sites for hydroxylation is 1. The molecule has 0 saturated heterocycles. The number of methoxy groups -OCH3 is 1. The molecule has 6 heteroatoms. The fourth-order valence-corrected chi connectivity index (χ4v) is 3.31. The summed E-state index contributed by atoms with van der Waals surface area (Å²) in [5, 5.41) is 16.4. The van der Waals surface area contributed by atoms with Gasteiger partial charge >= 0.3 is 5.97 Å². The van der Waals surface area contributed by atoms with Crippen LogP contribution in [0.1, 0.15) is 24.0 Å². The summed E-state index contributed by atoms with van der Waals surface area (Å²) < 4.78 is 10.6. The molecule has 0 bridgehead atoms. The maximum absolute atomic E-state index is 12.3. The van der Waals surface area contributed by atoms with E-state index >= 15 is 0 Å². The van der Waals surface area contributed by atoms with E-state index in [1.165, 1.54) is 0 Å². The van der Waals surface area contributed by atoms with Crippen LogP contribution in [-0.4, -0.2) is 24.8 Å². The topological polar surface area (TPSA) is 79.8 Å². The van der Waals surface area contributed by atoms with Crippen LogP contribution in [-0.2, 0) is 15.1 Å². The summed E-state index contributed by atoms with van der Waals surface area (Å²) in [5.41, 5.74) is 3.53. The summed E-state index contributed by atoms with van der Waals surface area (Å²) >= 11 is 0. The van der Waals surface area contributed by atoms with Gasteiger partial charge in [-0.15, -0.1) is 0 Å². The number of esters is 1. The monoisotopic (exact) mass is 366 g/mol. The average Bonchev–Trinajstić information content (AvgIpc) is 3.39. The maximum Gasteiger partial charge on any atom is 0.356 e. The predicted molar refractivity (Wildman–Crippen MR) is 101 cm³/mol. The molecule has 2 aromatic carbocycles. The highest BCUT2D eigenvalue weighted by atomic mass is 16.5. The minimum atomic E-state index is -0.359. The smallest absolute Gasteiger partial charge is 0.356 e. The molecule has 0 aromatic heterocycles. The Labute approximate surface area is 157 Å². The van der Waals surface area contributed by atoms with Crippen molar-refractivity contribution in [2.75, 3.05) is 19.0 Å². The second-order valence-electron chi connectivity index (χ2n) is 7.00. The second-order valence-corrected chi connectivity index (χ2v) is 7.00. The Bertz CT molecular complexity index is 932. The molecule has 0 radical (unpaired) electrons. The Hall–Kier alpha value is -3.15. The van der Waals surface area contributed by atoms with Gasteiger partial charge in [-0.3, -0.25) is 0 Å². The van der Waals surface area contributed by atoms with Crippen LogP contribution in [0.5, 0.6) is 11.5 Å². The predicted octanol–water partition coefficient (Wildman–Crippen LogP) is 3.17. The molecule has 0 atom stereocenters. The summed E-state index contributed by atoms with van der Waals surface area (Å²) in [6, 6.07) is 13.1. The molecule has 1 saturated carbocycles. The highest BCUT2D eigenvalue weighted by Gasteiger charge is 2.47. The van der Waals surface area contributed by atoms with Crippen molar-refractivity contribution in [3.8, 4) is 11.5 Å². The zero-order chi connectivity index (χ0) is 19.0. The van der Waals surface area contributed by atoms with Crippen LogP contribution in [0.25, 0.3) is 0 Å². The van der Waals surface area contributed by atoms with Gasteiger partial charge in [0.15, 0.2) is 0 Å². The van der Waals surface area contributed by atoms with Crippen molar-refractivity contribution in [2.45, 2.75) is 25.3 Å². The number of ether oxygens (including phenoxy) is 2. The standard InChI is InChI=1S/C21H22N2O4/c1-13-10-15(6-7-18(13)24)22-17-12-27-20(25)19(17)23-21(8-9-21)14-4-3-5-16(11-14)26-2/h3-7,10-11,22-24H,8-9,12H2,1-2H3. The van der Waals surface area contributed by atoms with E-state index in [-0.39, 0.29) is 23.9 Å². The van der Waals surface area contributed by atoms with E-state index in [9.17, 15) is 9.90 Å². The van der Waals surface area contributed by atoms with E-state index in [4.69, 9.17) is 9.47 Å². The molecular weight excluding hydrogens is 344 g/mol. The number of nitrogens with one attached hydrogen (secondary N) is 2. The summed E-state index contributed by atoms with van der Waals surface area (Å²) in [5.74, 6) is 0.672. The molecule has 6 nitrogen and oxygen atoms in total. The van der Waals surface area contributed by atoms with E-state index in [0.717, 1.165) is 35.4 Å². The van der Waals surface area contributed by atoms with Gasteiger partial charge in [-0.2, -0.15) is 0 Å². The molecule has 2 aromatic rings. The molecule has 1 fully saturated rings. The molecule has 2 aliphatic rings.